The zero-order valence-corrected chi connectivity index (χ0v) is 43.5. The summed E-state index contributed by atoms with van der Waals surface area (Å²) in [4.78, 5) is 64.4. The number of aryl methyl sites for hydroxylation is 1. The predicted molar refractivity (Wildman–Crippen MR) is 277 cm³/mol. The number of hydrogen-bond donors (Lipinski definition) is 3. The maximum atomic E-state index is 16.0. The lowest BCUT2D eigenvalue weighted by atomic mass is 9.85. The summed E-state index contributed by atoms with van der Waals surface area (Å²) in [5, 5.41) is 25.1. The van der Waals surface area contributed by atoms with Crippen LogP contribution in [0.4, 0.5) is 28.9 Å². The summed E-state index contributed by atoms with van der Waals surface area (Å²) in [7, 11) is 0. The summed E-state index contributed by atoms with van der Waals surface area (Å²) >= 11 is 7.09. The summed E-state index contributed by atoms with van der Waals surface area (Å²) in [5.41, 5.74) is 1.10. The molecule has 2 fully saturated rings. The van der Waals surface area contributed by atoms with Crippen LogP contribution < -0.4 is 25.2 Å². The minimum Gasteiger partial charge on any atom is -0.494 e. The number of amides is 4. The van der Waals surface area contributed by atoms with Crippen LogP contribution in [0.1, 0.15) is 89.2 Å². The van der Waals surface area contributed by atoms with Crippen LogP contribution in [0.2, 0.25) is 0 Å². The fourth-order valence-electron chi connectivity index (χ4n) is 8.90. The average molecular weight is 1060 g/mol. The number of thiocarbonyl (C=S) groups is 1. The number of benzene rings is 4. The second-order valence-electron chi connectivity index (χ2n) is 19.8. The number of unbranched alkanes of at least 4 members (excludes halogenated alkanes) is 1. The van der Waals surface area contributed by atoms with Gasteiger partial charge in [-0.1, -0.05) is 63.2 Å². The van der Waals surface area contributed by atoms with E-state index in [-0.39, 0.29) is 42.7 Å². The molecule has 14 nitrogen and oxygen atoms in total. The number of imide groups is 1. The predicted octanol–water partition coefficient (Wildman–Crippen LogP) is 9.28. The van der Waals surface area contributed by atoms with Crippen molar-refractivity contribution in [2.24, 2.45) is 5.41 Å². The zero-order valence-electron chi connectivity index (χ0n) is 41.9. The van der Waals surface area contributed by atoms with Gasteiger partial charge in [-0.3, -0.25) is 29.0 Å². The summed E-state index contributed by atoms with van der Waals surface area (Å²) in [6, 6.07) is 20.6. The number of thiazole rings is 1. The van der Waals surface area contributed by atoms with E-state index in [1.165, 1.54) is 59.3 Å². The molecular formula is C54H57F4N7O7S2. The third kappa shape index (κ3) is 12.0. The molecule has 0 unspecified atom stereocenters. The Morgan fingerprint density at radius 2 is 1.66 bits per heavy atom. The standard InChI is InChI=1S/C54H57F4N7O7S2/c1-31-46(74-30-61-31)35-12-10-33(11-13-35)32(2)63(48(68)43-26-39(66)28-60-43)49(69)47(52(3,4)5)62-45(67)29-71-22-8-9-23-72-40-19-15-34(16-20-40)36-17-21-44(42(55)24-36)65-51(73)64(50(70)53(65,6)7)38-18-14-37(27-59)41(25-38)54(56,57)58/h10-21,24-25,30,32,39,43,47,60,66H,8-9,22-23,26,28-29H2,1-7H3,(H,62,67)/t32-,39+,43-,47+/m0/s1. The molecule has 0 radical (unpaired) electrons. The molecular weight excluding hydrogens is 999 g/mol. The minimum atomic E-state index is -4.87. The maximum Gasteiger partial charge on any atom is 0.417 e. The largest absolute Gasteiger partial charge is 0.494 e. The monoisotopic (exact) mass is 1060 g/mol. The van der Waals surface area contributed by atoms with E-state index >= 15 is 4.39 Å². The number of nitrogens with one attached hydrogen (secondary N) is 2. The van der Waals surface area contributed by atoms with Gasteiger partial charge in [0.25, 0.3) is 11.8 Å². The first-order valence-corrected chi connectivity index (χ1v) is 25.2. The van der Waals surface area contributed by atoms with E-state index < -0.39 is 81.9 Å². The molecule has 3 heterocycles. The Morgan fingerprint density at radius 1 is 1.00 bits per heavy atom. The number of hydrogen-bond acceptors (Lipinski definition) is 12. The third-order valence-electron chi connectivity index (χ3n) is 13.0. The molecule has 390 valence electrons. The molecule has 4 atom stereocenters. The number of ether oxygens (including phenoxy) is 2. The van der Waals surface area contributed by atoms with E-state index in [0.29, 0.717) is 48.0 Å². The molecule has 1 aromatic heterocycles. The molecule has 7 rings (SSSR count). The van der Waals surface area contributed by atoms with Crippen LogP contribution in [0, 0.1) is 29.5 Å². The lowest BCUT2D eigenvalue weighted by Crippen LogP contribution is -2.59. The molecule has 2 aliphatic heterocycles. The summed E-state index contributed by atoms with van der Waals surface area (Å²) in [5.74, 6) is -2.46. The second kappa shape index (κ2) is 22.5. The number of nitrogens with zero attached hydrogens (tertiary/aromatic N) is 5. The third-order valence-corrected chi connectivity index (χ3v) is 14.3. The van der Waals surface area contributed by atoms with E-state index in [1.807, 2.05) is 31.2 Å². The normalized spacial score (nSPS) is 17.5. The van der Waals surface area contributed by atoms with Crippen LogP contribution in [0.5, 0.6) is 5.75 Å². The van der Waals surface area contributed by atoms with Gasteiger partial charge in [0.15, 0.2) is 5.11 Å². The number of alkyl halides is 3. The van der Waals surface area contributed by atoms with Crippen LogP contribution in [-0.2, 0) is 30.1 Å². The molecule has 0 saturated carbocycles. The Balaban J connectivity index is 0.902. The van der Waals surface area contributed by atoms with Crippen LogP contribution in [0.25, 0.3) is 21.6 Å². The van der Waals surface area contributed by atoms with E-state index in [9.17, 15) is 42.7 Å². The van der Waals surface area contributed by atoms with Gasteiger partial charge in [0, 0.05) is 13.2 Å². The lowest BCUT2D eigenvalue weighted by molar-refractivity contribution is -0.153. The Morgan fingerprint density at radius 3 is 2.26 bits per heavy atom. The molecule has 5 aromatic rings. The number of β-amino-alcohol motifs (C(OH)–C–C–N with tert-alkyl or cyclic N) is 1. The Bertz CT molecular complexity index is 2950. The van der Waals surface area contributed by atoms with Crippen molar-refractivity contribution in [3.63, 3.8) is 0 Å². The number of aliphatic hydroxyl groups is 1. The van der Waals surface area contributed by atoms with Crippen molar-refractivity contribution in [1.82, 2.24) is 20.5 Å². The van der Waals surface area contributed by atoms with Crippen LogP contribution in [0.3, 0.4) is 0 Å². The lowest BCUT2D eigenvalue weighted by Gasteiger charge is -2.37. The molecule has 20 heteroatoms. The second-order valence-corrected chi connectivity index (χ2v) is 21.0. The molecule has 0 aliphatic carbocycles. The SMILES string of the molecule is Cc1ncsc1-c1ccc([C@H](C)N(C(=O)[C@@H]2C[C@@H](O)CN2)C(=O)[C@@H](NC(=O)COCCCCOc2ccc(-c3ccc(N4C(=S)N(c5ccc(C#N)c(C(F)(F)F)c5)C(=O)C4(C)C)c(F)c3)cc2)C(C)(C)C)cc1. The molecule has 0 spiro atoms. The van der Waals surface area contributed by atoms with Crippen molar-refractivity contribution in [2.45, 2.75) is 104 Å². The highest BCUT2D eigenvalue weighted by atomic mass is 32.1. The van der Waals surface area contributed by atoms with Gasteiger partial charge in [-0.2, -0.15) is 18.4 Å². The Hall–Kier alpha value is -6.63. The number of carbonyl (C=O) groups is 4. The van der Waals surface area contributed by atoms with Crippen molar-refractivity contribution in [1.29, 1.82) is 5.26 Å². The quantitative estimate of drug-likeness (QED) is 0.0458. The highest BCUT2D eigenvalue weighted by Gasteiger charge is 2.51. The van der Waals surface area contributed by atoms with Gasteiger partial charge >= 0.3 is 6.18 Å². The number of rotatable bonds is 17. The summed E-state index contributed by atoms with van der Waals surface area (Å²) in [6.45, 7) is 12.5. The van der Waals surface area contributed by atoms with Crippen LogP contribution in [-0.4, -0.2) is 93.8 Å². The molecule has 2 aliphatic rings. The van der Waals surface area contributed by atoms with Crippen molar-refractivity contribution in [2.75, 3.05) is 36.2 Å². The van der Waals surface area contributed by atoms with Crippen molar-refractivity contribution < 1.29 is 51.3 Å². The van der Waals surface area contributed by atoms with Gasteiger partial charge in [0.2, 0.25) is 11.8 Å². The van der Waals surface area contributed by atoms with Crippen LogP contribution >= 0.6 is 23.6 Å². The van der Waals surface area contributed by atoms with E-state index in [0.717, 1.165) is 27.1 Å². The van der Waals surface area contributed by atoms with Crippen molar-refractivity contribution in [3.8, 4) is 33.4 Å². The number of aromatic nitrogens is 1. The first kappa shape index (κ1) is 55.1. The highest BCUT2D eigenvalue weighted by molar-refractivity contribution is 7.81. The smallest absolute Gasteiger partial charge is 0.417 e. The maximum absolute atomic E-state index is 16.0. The van der Waals surface area contributed by atoms with E-state index in [1.54, 1.807) is 63.5 Å². The molecule has 0 bridgehead atoms. The van der Waals surface area contributed by atoms with Crippen molar-refractivity contribution >= 4 is 63.7 Å². The number of halogens is 4. The summed E-state index contributed by atoms with van der Waals surface area (Å²) in [6.07, 6.45) is -4.34. The summed E-state index contributed by atoms with van der Waals surface area (Å²) < 4.78 is 68.9. The number of carbonyl (C=O) groups excluding carboxylic acids is 4. The number of anilines is 2. The fraction of sp³-hybridized carbons (Fsp3) is 0.389. The highest BCUT2D eigenvalue weighted by Crippen LogP contribution is 2.41. The van der Waals surface area contributed by atoms with Gasteiger partial charge in [-0.05, 0) is 129 Å². The average Bonchev–Trinajstić information content (AvgIpc) is 4.04. The Kier molecular flexibility index (Phi) is 16.7. The zero-order chi connectivity index (χ0) is 53.9. The molecule has 74 heavy (non-hydrogen) atoms. The van der Waals surface area contributed by atoms with Gasteiger partial charge in [-0.15, -0.1) is 11.3 Å². The first-order chi connectivity index (χ1) is 34.9. The van der Waals surface area contributed by atoms with E-state index in [2.05, 4.69) is 15.6 Å². The number of nitriles is 1. The topological polar surface area (TPSA) is 177 Å². The Labute approximate surface area is 436 Å². The first-order valence-electron chi connectivity index (χ1n) is 23.9. The molecule has 3 N–H and O–H groups in total. The van der Waals surface area contributed by atoms with E-state index in [4.69, 9.17) is 21.7 Å². The fourth-order valence-corrected chi connectivity index (χ4v) is 10.2. The van der Waals surface area contributed by atoms with Gasteiger partial charge in [-0.25, -0.2) is 9.37 Å². The van der Waals surface area contributed by atoms with Gasteiger partial charge in [0.05, 0.1) is 69.4 Å². The minimum absolute atomic E-state index is 0.0561. The van der Waals surface area contributed by atoms with Crippen molar-refractivity contribution in [3.05, 3.63) is 119 Å². The van der Waals surface area contributed by atoms with Gasteiger partial charge in [0.1, 0.15) is 29.8 Å². The van der Waals surface area contributed by atoms with Gasteiger partial charge < -0.3 is 30.1 Å². The molecule has 2 saturated heterocycles. The molecule has 4 aromatic carbocycles. The van der Waals surface area contributed by atoms with Crippen LogP contribution in [0.15, 0.2) is 90.4 Å². The molecule has 4 amide bonds. The number of aliphatic hydroxyl groups excluding tert-OH is 1.